The minimum Gasteiger partial charge on any atom is -0.382 e. The predicted molar refractivity (Wildman–Crippen MR) is 115 cm³/mol. The van der Waals surface area contributed by atoms with Gasteiger partial charge < -0.3 is 20.7 Å². The van der Waals surface area contributed by atoms with Crippen LogP contribution in [0.1, 0.15) is 54.9 Å². The van der Waals surface area contributed by atoms with Gasteiger partial charge in [0.15, 0.2) is 5.96 Å². The molecule has 0 saturated heterocycles. The van der Waals surface area contributed by atoms with Crippen LogP contribution in [0.5, 0.6) is 0 Å². The quantitative estimate of drug-likeness (QED) is 0.327. The second kappa shape index (κ2) is 11.7. The number of nitrogens with one attached hydrogen (secondary N) is 3. The summed E-state index contributed by atoms with van der Waals surface area (Å²) in [7, 11) is 1.78. The van der Waals surface area contributed by atoms with Crippen molar-refractivity contribution in [2.45, 2.75) is 46.0 Å². The summed E-state index contributed by atoms with van der Waals surface area (Å²) in [6.45, 7) is 7.72. The second-order valence-corrected chi connectivity index (χ2v) is 7.63. The van der Waals surface area contributed by atoms with Crippen molar-refractivity contribution in [1.29, 1.82) is 0 Å². The molecule has 6 nitrogen and oxygen atoms in total. The molecular formula is C22H36N4O2. The van der Waals surface area contributed by atoms with Gasteiger partial charge in [0, 0.05) is 45.5 Å². The van der Waals surface area contributed by atoms with E-state index in [1.807, 2.05) is 38.1 Å². The van der Waals surface area contributed by atoms with Crippen molar-refractivity contribution in [1.82, 2.24) is 16.0 Å². The van der Waals surface area contributed by atoms with Crippen LogP contribution in [0, 0.1) is 12.3 Å². The van der Waals surface area contributed by atoms with Gasteiger partial charge in [-0.05, 0) is 50.7 Å². The number of hydrogen-bond acceptors (Lipinski definition) is 3. The maximum absolute atomic E-state index is 12.2. The van der Waals surface area contributed by atoms with Crippen molar-refractivity contribution in [2.75, 3.05) is 39.9 Å². The van der Waals surface area contributed by atoms with Gasteiger partial charge in [0.2, 0.25) is 0 Å². The van der Waals surface area contributed by atoms with Crippen molar-refractivity contribution in [3.63, 3.8) is 0 Å². The third kappa shape index (κ3) is 7.15. The lowest BCUT2D eigenvalue weighted by atomic mass is 9.83. The summed E-state index contributed by atoms with van der Waals surface area (Å²) in [4.78, 5) is 16.5. The number of rotatable bonds is 10. The Balaban J connectivity index is 1.71. The number of carbonyl (C=O) groups excluding carboxylic acids is 1. The fourth-order valence-corrected chi connectivity index (χ4v) is 3.81. The summed E-state index contributed by atoms with van der Waals surface area (Å²) < 4.78 is 5.59. The zero-order valence-corrected chi connectivity index (χ0v) is 17.6. The molecule has 3 N–H and O–H groups in total. The first-order valence-electron chi connectivity index (χ1n) is 10.5. The lowest BCUT2D eigenvalue weighted by Crippen LogP contribution is -2.45. The highest BCUT2D eigenvalue weighted by Gasteiger charge is 2.33. The van der Waals surface area contributed by atoms with Crippen LogP contribution in [0.15, 0.2) is 29.3 Å². The maximum atomic E-state index is 12.2. The van der Waals surface area contributed by atoms with Gasteiger partial charge in [-0.1, -0.05) is 30.5 Å². The van der Waals surface area contributed by atoms with E-state index in [1.165, 1.54) is 25.7 Å². The van der Waals surface area contributed by atoms with Crippen LogP contribution in [0.4, 0.5) is 0 Å². The third-order valence-corrected chi connectivity index (χ3v) is 5.48. The molecule has 156 valence electrons. The topological polar surface area (TPSA) is 74.8 Å². The van der Waals surface area contributed by atoms with Crippen LogP contribution in [0.3, 0.4) is 0 Å². The van der Waals surface area contributed by atoms with Gasteiger partial charge >= 0.3 is 0 Å². The Hall–Kier alpha value is -2.08. The molecule has 0 unspecified atom stereocenters. The molecule has 1 aliphatic carbocycles. The molecule has 0 spiro atoms. The minimum atomic E-state index is -0.0470. The molecule has 0 aromatic heterocycles. The third-order valence-electron chi connectivity index (χ3n) is 5.48. The Kier molecular flexibility index (Phi) is 9.28. The van der Waals surface area contributed by atoms with Crippen LogP contribution in [-0.2, 0) is 4.74 Å². The molecule has 1 aliphatic rings. The Labute approximate surface area is 169 Å². The Morgan fingerprint density at radius 3 is 2.61 bits per heavy atom. The van der Waals surface area contributed by atoms with Crippen molar-refractivity contribution in [3.05, 3.63) is 35.4 Å². The lowest BCUT2D eigenvalue weighted by Gasteiger charge is -2.30. The molecule has 0 radical (unpaired) electrons. The number of nitrogens with zero attached hydrogens (tertiary/aromatic N) is 1. The van der Waals surface area contributed by atoms with Crippen molar-refractivity contribution in [3.8, 4) is 0 Å². The molecule has 28 heavy (non-hydrogen) atoms. The molecule has 0 bridgehead atoms. The van der Waals surface area contributed by atoms with Gasteiger partial charge in [0.1, 0.15) is 0 Å². The average Bonchev–Trinajstić information content (AvgIpc) is 3.16. The predicted octanol–water partition coefficient (Wildman–Crippen LogP) is 2.88. The van der Waals surface area contributed by atoms with Crippen molar-refractivity contribution in [2.24, 2.45) is 10.4 Å². The van der Waals surface area contributed by atoms with E-state index in [0.29, 0.717) is 24.1 Å². The molecule has 1 saturated carbocycles. The number of amides is 1. The first kappa shape index (κ1) is 22.2. The molecule has 1 aromatic carbocycles. The zero-order chi connectivity index (χ0) is 20.2. The van der Waals surface area contributed by atoms with Crippen LogP contribution in [0.25, 0.3) is 0 Å². The number of aryl methyl sites for hydroxylation is 1. The maximum Gasteiger partial charge on any atom is 0.251 e. The van der Waals surface area contributed by atoms with Gasteiger partial charge in [-0.2, -0.15) is 0 Å². The van der Waals surface area contributed by atoms with E-state index in [0.717, 1.165) is 37.7 Å². The lowest BCUT2D eigenvalue weighted by molar-refractivity contribution is 0.0954. The standard InChI is InChI=1S/C22H36N4O2/c1-4-28-15-12-22(10-5-6-11-22)17-26-21(23-3)25-14-13-24-20(27)19-9-7-8-18(2)16-19/h7-9,16H,4-6,10-15,17H2,1-3H3,(H,24,27)(H2,23,25,26). The summed E-state index contributed by atoms with van der Waals surface area (Å²) in [5.41, 5.74) is 2.09. The molecule has 1 aromatic rings. The Morgan fingerprint density at radius 1 is 1.18 bits per heavy atom. The molecule has 0 aliphatic heterocycles. The van der Waals surface area contributed by atoms with E-state index in [-0.39, 0.29) is 5.91 Å². The highest BCUT2D eigenvalue weighted by molar-refractivity contribution is 5.94. The fourth-order valence-electron chi connectivity index (χ4n) is 3.81. The first-order valence-corrected chi connectivity index (χ1v) is 10.5. The van der Waals surface area contributed by atoms with E-state index in [2.05, 4.69) is 20.9 Å². The van der Waals surface area contributed by atoms with Crippen LogP contribution >= 0.6 is 0 Å². The number of aliphatic imine (C=N–C) groups is 1. The summed E-state index contributed by atoms with van der Waals surface area (Å²) in [5.74, 6) is 0.738. The summed E-state index contributed by atoms with van der Waals surface area (Å²) in [5, 5.41) is 9.71. The Bertz CT molecular complexity index is 639. The molecule has 1 amide bonds. The number of guanidine groups is 1. The van der Waals surface area contributed by atoms with Gasteiger partial charge in [0.05, 0.1) is 0 Å². The van der Waals surface area contributed by atoms with Crippen molar-refractivity contribution < 1.29 is 9.53 Å². The van der Waals surface area contributed by atoms with Gasteiger partial charge in [0.25, 0.3) is 5.91 Å². The molecule has 0 heterocycles. The summed E-state index contributed by atoms with van der Waals surface area (Å²) in [6, 6.07) is 7.62. The average molecular weight is 389 g/mol. The minimum absolute atomic E-state index is 0.0470. The summed E-state index contributed by atoms with van der Waals surface area (Å²) in [6.07, 6.45) is 6.18. The monoisotopic (exact) mass is 388 g/mol. The number of carbonyl (C=O) groups is 1. The second-order valence-electron chi connectivity index (χ2n) is 7.63. The van der Waals surface area contributed by atoms with Crippen LogP contribution < -0.4 is 16.0 Å². The number of benzene rings is 1. The van der Waals surface area contributed by atoms with Crippen LogP contribution in [0.2, 0.25) is 0 Å². The van der Waals surface area contributed by atoms with Gasteiger partial charge in [-0.3, -0.25) is 9.79 Å². The first-order chi connectivity index (χ1) is 13.6. The summed E-state index contributed by atoms with van der Waals surface area (Å²) >= 11 is 0. The van der Waals surface area contributed by atoms with E-state index < -0.39 is 0 Å². The molecule has 2 rings (SSSR count). The zero-order valence-electron chi connectivity index (χ0n) is 17.6. The molecule has 1 fully saturated rings. The fraction of sp³-hybridized carbons (Fsp3) is 0.636. The van der Waals surface area contributed by atoms with Gasteiger partial charge in [-0.15, -0.1) is 0 Å². The highest BCUT2D eigenvalue weighted by atomic mass is 16.5. The SMILES string of the molecule is CCOCCC1(CNC(=NC)NCCNC(=O)c2cccc(C)c2)CCCC1. The molecule has 6 heteroatoms. The number of hydrogen-bond donors (Lipinski definition) is 3. The highest BCUT2D eigenvalue weighted by Crippen LogP contribution is 2.40. The van der Waals surface area contributed by atoms with Crippen LogP contribution in [-0.4, -0.2) is 51.8 Å². The molecular weight excluding hydrogens is 352 g/mol. The molecule has 0 atom stereocenters. The largest absolute Gasteiger partial charge is 0.382 e. The smallest absolute Gasteiger partial charge is 0.251 e. The van der Waals surface area contributed by atoms with E-state index in [9.17, 15) is 4.79 Å². The van der Waals surface area contributed by atoms with E-state index >= 15 is 0 Å². The van der Waals surface area contributed by atoms with Gasteiger partial charge in [-0.25, -0.2) is 0 Å². The van der Waals surface area contributed by atoms with E-state index in [1.54, 1.807) is 7.05 Å². The van der Waals surface area contributed by atoms with E-state index in [4.69, 9.17) is 4.74 Å². The Morgan fingerprint density at radius 2 is 1.93 bits per heavy atom. The number of ether oxygens (including phenoxy) is 1. The van der Waals surface area contributed by atoms with Crippen molar-refractivity contribution >= 4 is 11.9 Å². The normalized spacial score (nSPS) is 16.0.